The summed E-state index contributed by atoms with van der Waals surface area (Å²) in [6, 6.07) is 8.82. The number of carbonyl (C=O) groups is 2. The number of aliphatic carboxylic acids is 2. The number of aryl methyl sites for hydroxylation is 1. The molecule has 1 atom stereocenters. The third-order valence-corrected chi connectivity index (χ3v) is 4.77. The van der Waals surface area contributed by atoms with Gasteiger partial charge in [0, 0.05) is 12.0 Å². The zero-order valence-electron chi connectivity index (χ0n) is 14.3. The molecular weight excluding hydrogens is 336 g/mol. The van der Waals surface area contributed by atoms with E-state index >= 15 is 0 Å². The molecule has 0 saturated heterocycles. The summed E-state index contributed by atoms with van der Waals surface area (Å²) in [4.78, 5) is 23.7. The summed E-state index contributed by atoms with van der Waals surface area (Å²) >= 11 is 0. The molecule has 0 saturated carbocycles. The van der Waals surface area contributed by atoms with Gasteiger partial charge in [-0.15, -0.1) is 0 Å². The summed E-state index contributed by atoms with van der Waals surface area (Å²) in [7, 11) is 0. The number of rotatable bonds is 4. The van der Waals surface area contributed by atoms with E-state index in [1.165, 1.54) is 16.8 Å². The highest BCUT2D eigenvalue weighted by Crippen LogP contribution is 2.46. The Morgan fingerprint density at radius 2 is 1.77 bits per heavy atom. The average molecular weight is 354 g/mol. The standard InChI is InChI=1S/C19H18N2O5/c1-11-8-9-13(17(23)24)10-19(11,18(25)26)15-12(2)20-21(16(15)22)14-6-4-3-5-7-14/h3-9,22H,10H2,1-2H3,(H,23,24)(H,25,26). The maximum Gasteiger partial charge on any atom is 0.331 e. The number of aromatic nitrogens is 2. The van der Waals surface area contributed by atoms with Crippen molar-refractivity contribution in [1.29, 1.82) is 0 Å². The van der Waals surface area contributed by atoms with E-state index in [-0.39, 0.29) is 23.4 Å². The monoisotopic (exact) mass is 354 g/mol. The van der Waals surface area contributed by atoms with Crippen LogP contribution in [0.5, 0.6) is 5.88 Å². The number of allylic oxidation sites excluding steroid dienone is 2. The highest BCUT2D eigenvalue weighted by Gasteiger charge is 2.49. The Morgan fingerprint density at radius 3 is 2.35 bits per heavy atom. The van der Waals surface area contributed by atoms with Crippen LogP contribution in [0.15, 0.2) is 53.6 Å². The van der Waals surface area contributed by atoms with Crippen LogP contribution in [0.4, 0.5) is 0 Å². The van der Waals surface area contributed by atoms with Crippen molar-refractivity contribution in [1.82, 2.24) is 9.78 Å². The summed E-state index contributed by atoms with van der Waals surface area (Å²) in [5.41, 5.74) is -0.289. The minimum atomic E-state index is -1.69. The first-order valence-corrected chi connectivity index (χ1v) is 7.98. The zero-order valence-corrected chi connectivity index (χ0v) is 14.3. The van der Waals surface area contributed by atoms with Crippen molar-refractivity contribution in [3.05, 3.63) is 64.9 Å². The van der Waals surface area contributed by atoms with Gasteiger partial charge in [0.05, 0.1) is 16.9 Å². The molecule has 0 amide bonds. The molecule has 1 heterocycles. The van der Waals surface area contributed by atoms with Crippen LogP contribution >= 0.6 is 0 Å². The summed E-state index contributed by atoms with van der Waals surface area (Å²) in [6.07, 6.45) is 2.60. The zero-order chi connectivity index (χ0) is 19.1. The molecule has 0 bridgehead atoms. The van der Waals surface area contributed by atoms with Crippen LogP contribution in [-0.2, 0) is 15.0 Å². The fraction of sp³-hybridized carbons (Fsp3) is 0.211. The number of para-hydroxylation sites is 1. The molecule has 0 spiro atoms. The van der Waals surface area contributed by atoms with Crippen molar-refractivity contribution in [2.75, 3.05) is 0 Å². The Balaban J connectivity index is 2.25. The molecule has 1 aromatic heterocycles. The molecule has 1 unspecified atom stereocenters. The van der Waals surface area contributed by atoms with Gasteiger partial charge in [0.1, 0.15) is 5.41 Å². The molecule has 1 aliphatic rings. The van der Waals surface area contributed by atoms with Gasteiger partial charge in [-0.2, -0.15) is 5.10 Å². The van der Waals surface area contributed by atoms with Crippen LogP contribution in [0.1, 0.15) is 24.6 Å². The van der Waals surface area contributed by atoms with E-state index in [9.17, 15) is 24.9 Å². The van der Waals surface area contributed by atoms with Gasteiger partial charge in [-0.05, 0) is 26.0 Å². The second-order valence-corrected chi connectivity index (χ2v) is 6.27. The van der Waals surface area contributed by atoms with Crippen molar-refractivity contribution in [2.24, 2.45) is 0 Å². The SMILES string of the molecule is CC1=CC=C(C(=O)O)CC1(C(=O)O)c1c(C)nn(-c2ccccc2)c1O. The number of benzene rings is 1. The molecule has 3 N–H and O–H groups in total. The fourth-order valence-electron chi connectivity index (χ4n) is 3.40. The van der Waals surface area contributed by atoms with E-state index in [0.29, 0.717) is 17.0 Å². The molecular formula is C19H18N2O5. The Labute approximate surface area is 149 Å². The van der Waals surface area contributed by atoms with Crippen molar-refractivity contribution in [2.45, 2.75) is 25.7 Å². The van der Waals surface area contributed by atoms with Gasteiger partial charge in [-0.1, -0.05) is 35.9 Å². The molecule has 26 heavy (non-hydrogen) atoms. The van der Waals surface area contributed by atoms with Gasteiger partial charge >= 0.3 is 11.9 Å². The molecule has 3 rings (SSSR count). The van der Waals surface area contributed by atoms with Crippen LogP contribution in [0.25, 0.3) is 5.69 Å². The third kappa shape index (κ3) is 2.48. The predicted octanol–water partition coefficient (Wildman–Crippen LogP) is 2.57. The fourth-order valence-corrected chi connectivity index (χ4v) is 3.40. The Bertz CT molecular complexity index is 956. The molecule has 7 heteroatoms. The molecule has 1 aromatic carbocycles. The molecule has 1 aliphatic carbocycles. The lowest BCUT2D eigenvalue weighted by molar-refractivity contribution is -0.142. The van der Waals surface area contributed by atoms with Crippen molar-refractivity contribution < 1.29 is 24.9 Å². The Kier molecular flexibility index (Phi) is 4.15. The van der Waals surface area contributed by atoms with Crippen LogP contribution < -0.4 is 0 Å². The van der Waals surface area contributed by atoms with Gasteiger partial charge in [0.15, 0.2) is 0 Å². The van der Waals surface area contributed by atoms with E-state index in [0.717, 1.165) is 0 Å². The topological polar surface area (TPSA) is 113 Å². The highest BCUT2D eigenvalue weighted by molar-refractivity contribution is 5.94. The summed E-state index contributed by atoms with van der Waals surface area (Å²) in [5.74, 6) is -2.73. The maximum atomic E-state index is 12.3. The van der Waals surface area contributed by atoms with Gasteiger partial charge in [0.2, 0.25) is 5.88 Å². The summed E-state index contributed by atoms with van der Waals surface area (Å²) in [6.45, 7) is 3.22. The van der Waals surface area contributed by atoms with E-state index < -0.39 is 17.4 Å². The first kappa shape index (κ1) is 17.5. The molecule has 0 aliphatic heterocycles. The van der Waals surface area contributed by atoms with Gasteiger partial charge in [0.25, 0.3) is 0 Å². The molecule has 0 fully saturated rings. The highest BCUT2D eigenvalue weighted by atomic mass is 16.4. The van der Waals surface area contributed by atoms with Crippen LogP contribution in [-0.4, -0.2) is 37.0 Å². The van der Waals surface area contributed by atoms with E-state index in [1.54, 1.807) is 38.1 Å². The van der Waals surface area contributed by atoms with Gasteiger partial charge < -0.3 is 15.3 Å². The number of aromatic hydroxyl groups is 1. The average Bonchev–Trinajstić information content (AvgIpc) is 2.91. The predicted molar refractivity (Wildman–Crippen MR) is 93.4 cm³/mol. The molecule has 2 aromatic rings. The van der Waals surface area contributed by atoms with Crippen LogP contribution in [0.3, 0.4) is 0 Å². The molecule has 7 nitrogen and oxygen atoms in total. The molecule has 134 valence electrons. The van der Waals surface area contributed by atoms with E-state index in [1.807, 2.05) is 6.07 Å². The van der Waals surface area contributed by atoms with Crippen molar-refractivity contribution in [3.8, 4) is 11.6 Å². The van der Waals surface area contributed by atoms with Gasteiger partial charge in [-0.3, -0.25) is 4.79 Å². The number of hydrogen-bond donors (Lipinski definition) is 3. The number of nitrogens with zero attached hydrogens (tertiary/aromatic N) is 2. The lowest BCUT2D eigenvalue weighted by Crippen LogP contribution is -2.40. The Hall–Kier alpha value is -3.35. The maximum absolute atomic E-state index is 12.3. The quantitative estimate of drug-likeness (QED) is 0.778. The third-order valence-electron chi connectivity index (χ3n) is 4.77. The first-order chi connectivity index (χ1) is 12.3. The van der Waals surface area contributed by atoms with Gasteiger partial charge in [-0.25, -0.2) is 9.48 Å². The van der Waals surface area contributed by atoms with E-state index in [4.69, 9.17) is 0 Å². The van der Waals surface area contributed by atoms with Crippen LogP contribution in [0, 0.1) is 6.92 Å². The lowest BCUT2D eigenvalue weighted by Gasteiger charge is -2.33. The van der Waals surface area contributed by atoms with E-state index in [2.05, 4.69) is 5.10 Å². The normalized spacial score (nSPS) is 19.6. The summed E-state index contributed by atoms with van der Waals surface area (Å²) < 4.78 is 1.27. The smallest absolute Gasteiger partial charge is 0.331 e. The van der Waals surface area contributed by atoms with Crippen molar-refractivity contribution >= 4 is 11.9 Å². The van der Waals surface area contributed by atoms with Crippen molar-refractivity contribution in [3.63, 3.8) is 0 Å². The summed E-state index contributed by atoms with van der Waals surface area (Å²) in [5, 5.41) is 34.5. The number of carboxylic acid groups (broad SMARTS) is 2. The minimum absolute atomic E-state index is 0.0377. The lowest BCUT2D eigenvalue weighted by atomic mass is 9.68. The van der Waals surface area contributed by atoms with Crippen LogP contribution in [0.2, 0.25) is 0 Å². The minimum Gasteiger partial charge on any atom is -0.493 e. The number of carboxylic acids is 2. The first-order valence-electron chi connectivity index (χ1n) is 7.98. The number of hydrogen-bond acceptors (Lipinski definition) is 4. The second kappa shape index (κ2) is 6.18. The molecule has 0 radical (unpaired) electrons. The largest absolute Gasteiger partial charge is 0.493 e. The second-order valence-electron chi connectivity index (χ2n) is 6.27. The Morgan fingerprint density at radius 1 is 1.12 bits per heavy atom.